The maximum absolute atomic E-state index is 14.6. The van der Waals surface area contributed by atoms with Gasteiger partial charge < -0.3 is 4.74 Å². The van der Waals surface area contributed by atoms with Crippen molar-refractivity contribution in [1.29, 1.82) is 0 Å². The SMILES string of the molecule is CCC=CC1CCC2c3cc(F)cc(F)c3CCC2C1c1cc(F)c(OC(F)(F)F)c(F)c1. The van der Waals surface area contributed by atoms with Crippen LogP contribution in [0.2, 0.25) is 0 Å². The highest BCUT2D eigenvalue weighted by Gasteiger charge is 2.44. The molecule has 0 bridgehead atoms. The van der Waals surface area contributed by atoms with Crippen LogP contribution in [0.15, 0.2) is 36.4 Å². The number of ether oxygens (including phenoxy) is 1. The highest BCUT2D eigenvalue weighted by molar-refractivity contribution is 5.40. The molecule has 0 spiro atoms. The van der Waals surface area contributed by atoms with Crippen LogP contribution < -0.4 is 4.74 Å². The Labute approximate surface area is 187 Å². The van der Waals surface area contributed by atoms with Gasteiger partial charge in [0.05, 0.1) is 0 Å². The lowest BCUT2D eigenvalue weighted by Gasteiger charge is -2.46. The monoisotopic (exact) mass is 472 g/mol. The fraction of sp³-hybridized carbons (Fsp3) is 0.440. The second-order valence-corrected chi connectivity index (χ2v) is 8.73. The van der Waals surface area contributed by atoms with Crippen molar-refractivity contribution >= 4 is 0 Å². The van der Waals surface area contributed by atoms with Crippen LogP contribution in [-0.4, -0.2) is 6.36 Å². The van der Waals surface area contributed by atoms with E-state index in [2.05, 4.69) is 4.74 Å². The molecule has 1 fully saturated rings. The van der Waals surface area contributed by atoms with E-state index in [1.165, 1.54) is 6.07 Å². The van der Waals surface area contributed by atoms with Crippen LogP contribution in [-0.2, 0) is 6.42 Å². The molecular weight excluding hydrogens is 449 g/mol. The fourth-order valence-corrected chi connectivity index (χ4v) is 5.64. The molecule has 0 amide bonds. The van der Waals surface area contributed by atoms with Crippen molar-refractivity contribution in [3.63, 3.8) is 0 Å². The molecule has 1 saturated carbocycles. The van der Waals surface area contributed by atoms with Crippen molar-refractivity contribution in [3.05, 3.63) is 76.4 Å². The van der Waals surface area contributed by atoms with Crippen molar-refractivity contribution in [2.45, 2.75) is 57.2 Å². The molecule has 0 heterocycles. The molecule has 0 aromatic heterocycles. The van der Waals surface area contributed by atoms with Gasteiger partial charge in [-0.25, -0.2) is 17.6 Å². The van der Waals surface area contributed by atoms with Crippen LogP contribution in [0.1, 0.15) is 61.1 Å². The summed E-state index contributed by atoms with van der Waals surface area (Å²) in [6.07, 6.45) is 1.57. The number of rotatable bonds is 4. The van der Waals surface area contributed by atoms with Gasteiger partial charge in [0.1, 0.15) is 11.6 Å². The Morgan fingerprint density at radius 2 is 1.64 bits per heavy atom. The van der Waals surface area contributed by atoms with Crippen LogP contribution >= 0.6 is 0 Å². The second-order valence-electron chi connectivity index (χ2n) is 8.73. The number of fused-ring (bicyclic) bond motifs is 3. The topological polar surface area (TPSA) is 9.23 Å². The minimum absolute atomic E-state index is 0.112. The molecule has 0 radical (unpaired) electrons. The van der Waals surface area contributed by atoms with Crippen LogP contribution in [0.25, 0.3) is 0 Å². The van der Waals surface area contributed by atoms with Gasteiger partial charge in [-0.1, -0.05) is 19.1 Å². The number of alkyl halides is 3. The Kier molecular flexibility index (Phi) is 6.47. The van der Waals surface area contributed by atoms with E-state index in [1.807, 2.05) is 19.1 Å². The Balaban J connectivity index is 1.77. The summed E-state index contributed by atoms with van der Waals surface area (Å²) in [7, 11) is 0. The van der Waals surface area contributed by atoms with E-state index in [1.54, 1.807) is 0 Å². The normalized spacial score (nSPS) is 25.1. The molecule has 2 aromatic carbocycles. The third kappa shape index (κ3) is 4.75. The Morgan fingerprint density at radius 1 is 0.939 bits per heavy atom. The Hall–Kier alpha value is -2.51. The highest BCUT2D eigenvalue weighted by Crippen LogP contribution is 2.55. The van der Waals surface area contributed by atoms with Gasteiger partial charge in [-0.05, 0) is 90.7 Å². The van der Waals surface area contributed by atoms with Crippen molar-refractivity contribution in [1.82, 2.24) is 0 Å². The average molecular weight is 472 g/mol. The lowest BCUT2D eigenvalue weighted by molar-refractivity contribution is -0.276. The zero-order chi connectivity index (χ0) is 23.9. The van der Waals surface area contributed by atoms with E-state index in [0.29, 0.717) is 36.8 Å². The van der Waals surface area contributed by atoms with Gasteiger partial charge in [0.15, 0.2) is 11.6 Å². The molecule has 0 N–H and O–H groups in total. The first-order chi connectivity index (χ1) is 15.6. The molecule has 2 aliphatic carbocycles. The molecule has 178 valence electrons. The second kappa shape index (κ2) is 9.03. The summed E-state index contributed by atoms with van der Waals surface area (Å²) in [5.74, 6) is -6.56. The van der Waals surface area contributed by atoms with Gasteiger partial charge in [-0.15, -0.1) is 13.2 Å². The van der Waals surface area contributed by atoms with E-state index >= 15 is 0 Å². The molecule has 4 rings (SSSR count). The van der Waals surface area contributed by atoms with Gasteiger partial charge in [0.25, 0.3) is 0 Å². The third-order valence-corrected chi connectivity index (χ3v) is 6.81. The van der Waals surface area contributed by atoms with Gasteiger partial charge in [0.2, 0.25) is 5.75 Å². The predicted molar refractivity (Wildman–Crippen MR) is 109 cm³/mol. The molecular formula is C25H23F7O. The quantitative estimate of drug-likeness (QED) is 0.324. The summed E-state index contributed by atoms with van der Waals surface area (Å²) in [6.45, 7) is 1.95. The first-order valence-corrected chi connectivity index (χ1v) is 11.0. The summed E-state index contributed by atoms with van der Waals surface area (Å²) in [5.41, 5.74) is 1.26. The largest absolute Gasteiger partial charge is 0.573 e. The molecule has 33 heavy (non-hydrogen) atoms. The number of allylic oxidation sites excluding steroid dienone is 2. The van der Waals surface area contributed by atoms with Crippen molar-refractivity contribution in [3.8, 4) is 5.75 Å². The minimum Gasteiger partial charge on any atom is -0.399 e. The minimum atomic E-state index is -5.23. The third-order valence-electron chi connectivity index (χ3n) is 6.81. The number of hydrogen-bond donors (Lipinski definition) is 0. The van der Waals surface area contributed by atoms with E-state index < -0.39 is 41.3 Å². The molecule has 4 atom stereocenters. The Bertz CT molecular complexity index is 1040. The molecule has 2 aromatic rings. The number of benzene rings is 2. The van der Waals surface area contributed by atoms with E-state index in [4.69, 9.17) is 0 Å². The summed E-state index contributed by atoms with van der Waals surface area (Å²) in [5, 5.41) is 0. The van der Waals surface area contributed by atoms with Gasteiger partial charge in [-0.2, -0.15) is 0 Å². The van der Waals surface area contributed by atoms with E-state index in [0.717, 1.165) is 24.6 Å². The van der Waals surface area contributed by atoms with Crippen LogP contribution in [0.3, 0.4) is 0 Å². The molecule has 0 aliphatic heterocycles. The van der Waals surface area contributed by atoms with Crippen LogP contribution in [0.5, 0.6) is 5.75 Å². The average Bonchev–Trinajstić information content (AvgIpc) is 2.73. The molecule has 2 aliphatic rings. The number of hydrogen-bond acceptors (Lipinski definition) is 1. The summed E-state index contributed by atoms with van der Waals surface area (Å²) in [4.78, 5) is 0. The molecule has 0 saturated heterocycles. The van der Waals surface area contributed by atoms with Gasteiger partial charge >= 0.3 is 6.36 Å². The first-order valence-electron chi connectivity index (χ1n) is 11.0. The first kappa shape index (κ1) is 23.6. The zero-order valence-corrected chi connectivity index (χ0v) is 17.9. The maximum atomic E-state index is 14.6. The number of halogens is 7. The lowest BCUT2D eigenvalue weighted by atomic mass is 9.58. The van der Waals surface area contributed by atoms with Crippen LogP contribution in [0.4, 0.5) is 30.7 Å². The zero-order valence-electron chi connectivity index (χ0n) is 17.9. The summed E-state index contributed by atoms with van der Waals surface area (Å²) < 4.78 is 98.7. The van der Waals surface area contributed by atoms with Crippen LogP contribution in [0, 0.1) is 35.1 Å². The molecule has 4 unspecified atom stereocenters. The van der Waals surface area contributed by atoms with Gasteiger partial charge in [-0.3, -0.25) is 0 Å². The van der Waals surface area contributed by atoms with E-state index in [-0.39, 0.29) is 23.3 Å². The van der Waals surface area contributed by atoms with Crippen molar-refractivity contribution in [2.75, 3.05) is 0 Å². The summed E-state index contributed by atoms with van der Waals surface area (Å²) >= 11 is 0. The van der Waals surface area contributed by atoms with E-state index in [9.17, 15) is 30.7 Å². The van der Waals surface area contributed by atoms with Crippen molar-refractivity contribution < 1.29 is 35.5 Å². The summed E-state index contributed by atoms with van der Waals surface area (Å²) in [6, 6.07) is 3.98. The molecule has 8 heteroatoms. The predicted octanol–water partition coefficient (Wildman–Crippen LogP) is 7.95. The highest BCUT2D eigenvalue weighted by atomic mass is 19.4. The smallest absolute Gasteiger partial charge is 0.399 e. The molecule has 1 nitrogen and oxygen atoms in total. The fourth-order valence-electron chi connectivity index (χ4n) is 5.64. The van der Waals surface area contributed by atoms with Crippen molar-refractivity contribution in [2.24, 2.45) is 11.8 Å². The standard InChI is InChI=1S/C25H23F7O/c1-2-3-4-13-5-6-16-18(8-7-17-19(16)11-15(26)12-20(17)27)23(13)14-9-21(28)24(22(29)10-14)33-25(30,31)32/h3-4,9-13,16,18,23H,2,5-8H2,1H3. The van der Waals surface area contributed by atoms with Gasteiger partial charge in [0, 0.05) is 6.07 Å². The Morgan fingerprint density at radius 3 is 2.27 bits per heavy atom. The lowest BCUT2D eigenvalue weighted by Crippen LogP contribution is -2.35. The maximum Gasteiger partial charge on any atom is 0.573 e.